The van der Waals surface area contributed by atoms with E-state index in [0.29, 0.717) is 19.4 Å². The molecule has 2 amide bonds. The molecule has 1 rings (SSSR count). The molecule has 0 bridgehead atoms. The number of amides is 2. The Morgan fingerprint density at radius 2 is 2.06 bits per heavy atom. The van der Waals surface area contributed by atoms with Gasteiger partial charge in [-0.05, 0) is 39.5 Å². The van der Waals surface area contributed by atoms with Crippen LogP contribution in [0.1, 0.15) is 40.0 Å². The maximum absolute atomic E-state index is 11.6. The van der Waals surface area contributed by atoms with Gasteiger partial charge in [-0.1, -0.05) is 0 Å². The maximum atomic E-state index is 11.6. The van der Waals surface area contributed by atoms with E-state index < -0.39 is 11.6 Å². The van der Waals surface area contributed by atoms with Gasteiger partial charge in [-0.3, -0.25) is 4.79 Å². The van der Waals surface area contributed by atoms with Crippen molar-refractivity contribution in [2.75, 3.05) is 6.61 Å². The van der Waals surface area contributed by atoms with Gasteiger partial charge in [0.2, 0.25) is 0 Å². The summed E-state index contributed by atoms with van der Waals surface area (Å²) in [6.45, 7) is 5.96. The van der Waals surface area contributed by atoms with E-state index in [1.54, 1.807) is 0 Å². The van der Waals surface area contributed by atoms with Crippen molar-refractivity contribution in [1.82, 2.24) is 5.32 Å². The highest BCUT2D eigenvalue weighted by molar-refractivity contribution is 5.71. The van der Waals surface area contributed by atoms with E-state index in [9.17, 15) is 9.59 Å². The first-order valence-corrected chi connectivity index (χ1v) is 6.15. The highest BCUT2D eigenvalue weighted by atomic mass is 16.6. The fraction of sp³-hybridized carbons (Fsp3) is 0.833. The normalized spacial score (nSPS) is 24.4. The Bertz CT molecular complexity index is 304. The van der Waals surface area contributed by atoms with Crippen LogP contribution in [-0.2, 0) is 14.3 Å². The van der Waals surface area contributed by atoms with E-state index in [4.69, 9.17) is 15.2 Å². The van der Waals surface area contributed by atoms with Crippen molar-refractivity contribution in [1.29, 1.82) is 0 Å². The van der Waals surface area contributed by atoms with Crippen LogP contribution in [0.5, 0.6) is 0 Å². The number of nitrogens with two attached hydrogens (primary N) is 1. The third-order valence-corrected chi connectivity index (χ3v) is 2.55. The topological polar surface area (TPSA) is 90.6 Å². The summed E-state index contributed by atoms with van der Waals surface area (Å²) >= 11 is 0. The summed E-state index contributed by atoms with van der Waals surface area (Å²) in [6.07, 6.45) is 1.48. The van der Waals surface area contributed by atoms with Crippen LogP contribution >= 0.6 is 0 Å². The quantitative estimate of drug-likeness (QED) is 0.743. The minimum Gasteiger partial charge on any atom is -0.460 e. The number of hydrogen-bond acceptors (Lipinski definition) is 4. The van der Waals surface area contributed by atoms with Gasteiger partial charge in [-0.15, -0.1) is 0 Å². The van der Waals surface area contributed by atoms with Crippen molar-refractivity contribution < 1.29 is 19.1 Å². The predicted octanol–water partition coefficient (Wildman–Crippen LogP) is 1.14. The summed E-state index contributed by atoms with van der Waals surface area (Å²) in [4.78, 5) is 22.3. The van der Waals surface area contributed by atoms with Crippen LogP contribution in [0, 0.1) is 5.92 Å². The molecule has 0 aromatic carbocycles. The molecular weight excluding hydrogens is 236 g/mol. The molecule has 18 heavy (non-hydrogen) atoms. The smallest absolute Gasteiger partial charge is 0.314 e. The molecule has 0 saturated carbocycles. The third-order valence-electron chi connectivity index (χ3n) is 2.55. The molecule has 2 atom stereocenters. The fourth-order valence-corrected chi connectivity index (χ4v) is 1.86. The molecule has 0 unspecified atom stereocenters. The molecule has 104 valence electrons. The van der Waals surface area contributed by atoms with Crippen molar-refractivity contribution in [3.05, 3.63) is 0 Å². The van der Waals surface area contributed by atoms with Crippen LogP contribution in [-0.4, -0.2) is 30.4 Å². The Labute approximate surface area is 107 Å². The highest BCUT2D eigenvalue weighted by Gasteiger charge is 2.26. The van der Waals surface area contributed by atoms with Gasteiger partial charge >= 0.3 is 12.0 Å². The molecule has 6 heteroatoms. The van der Waals surface area contributed by atoms with Crippen molar-refractivity contribution >= 4 is 12.0 Å². The standard InChI is InChI=1S/C12H22N2O4/c1-12(2,3)18-10(15)6-8-4-5-9(17-7-8)14-11(13)16/h8-9H,4-7H2,1-3H3,(H3,13,14,16)/t8-,9-/m0/s1. The number of hydrogen-bond donors (Lipinski definition) is 2. The van der Waals surface area contributed by atoms with E-state index >= 15 is 0 Å². The number of carbonyl (C=O) groups excluding carboxylic acids is 2. The van der Waals surface area contributed by atoms with Crippen LogP contribution in [0.3, 0.4) is 0 Å². The van der Waals surface area contributed by atoms with Crippen LogP contribution in [0.25, 0.3) is 0 Å². The van der Waals surface area contributed by atoms with Gasteiger partial charge in [0.05, 0.1) is 13.0 Å². The Morgan fingerprint density at radius 3 is 2.50 bits per heavy atom. The van der Waals surface area contributed by atoms with Crippen LogP contribution in [0.4, 0.5) is 4.79 Å². The van der Waals surface area contributed by atoms with Gasteiger partial charge in [0.25, 0.3) is 0 Å². The number of esters is 1. The molecule has 3 N–H and O–H groups in total. The first-order valence-electron chi connectivity index (χ1n) is 6.15. The number of primary amides is 1. The summed E-state index contributed by atoms with van der Waals surface area (Å²) in [5.74, 6) is -0.0665. The molecule has 0 spiro atoms. The maximum Gasteiger partial charge on any atom is 0.314 e. The van der Waals surface area contributed by atoms with E-state index in [-0.39, 0.29) is 18.1 Å². The van der Waals surface area contributed by atoms with Crippen molar-refractivity contribution in [3.63, 3.8) is 0 Å². The average molecular weight is 258 g/mol. The summed E-state index contributed by atoms with van der Waals surface area (Å²) in [5, 5.41) is 2.49. The number of rotatable bonds is 3. The highest BCUT2D eigenvalue weighted by Crippen LogP contribution is 2.22. The molecule has 0 aromatic rings. The molecule has 0 aliphatic carbocycles. The Morgan fingerprint density at radius 1 is 1.39 bits per heavy atom. The van der Waals surface area contributed by atoms with Gasteiger partial charge in [0.1, 0.15) is 11.8 Å². The monoisotopic (exact) mass is 258 g/mol. The molecule has 1 fully saturated rings. The van der Waals surface area contributed by atoms with E-state index in [1.807, 2.05) is 20.8 Å². The zero-order chi connectivity index (χ0) is 13.8. The first-order chi connectivity index (χ1) is 8.26. The second-order valence-electron chi connectivity index (χ2n) is 5.56. The Kier molecular flexibility index (Phi) is 4.95. The van der Waals surface area contributed by atoms with Gasteiger partial charge < -0.3 is 20.5 Å². The first kappa shape index (κ1) is 14.8. The number of ether oxygens (including phenoxy) is 2. The predicted molar refractivity (Wildman–Crippen MR) is 65.6 cm³/mol. The number of nitrogens with one attached hydrogen (secondary N) is 1. The minimum atomic E-state index is -0.592. The van der Waals surface area contributed by atoms with Crippen LogP contribution in [0.2, 0.25) is 0 Å². The van der Waals surface area contributed by atoms with E-state index in [2.05, 4.69) is 5.32 Å². The summed E-state index contributed by atoms with van der Waals surface area (Å²) in [6, 6.07) is -0.592. The second-order valence-corrected chi connectivity index (χ2v) is 5.56. The SMILES string of the molecule is CC(C)(C)OC(=O)C[C@@H]1CC[C@@H](NC(N)=O)OC1. The zero-order valence-corrected chi connectivity index (χ0v) is 11.2. The Balaban J connectivity index is 2.27. The lowest BCUT2D eigenvalue weighted by Gasteiger charge is -2.29. The van der Waals surface area contributed by atoms with Gasteiger partial charge in [0.15, 0.2) is 0 Å². The van der Waals surface area contributed by atoms with Crippen molar-refractivity contribution in [2.24, 2.45) is 11.7 Å². The lowest BCUT2D eigenvalue weighted by atomic mass is 9.97. The largest absolute Gasteiger partial charge is 0.460 e. The minimum absolute atomic E-state index is 0.144. The summed E-state index contributed by atoms with van der Waals surface area (Å²) in [7, 11) is 0. The van der Waals surface area contributed by atoms with Crippen molar-refractivity contribution in [2.45, 2.75) is 51.9 Å². The Hall–Kier alpha value is -1.30. The molecule has 1 aliphatic rings. The number of urea groups is 1. The van der Waals surface area contributed by atoms with Crippen LogP contribution in [0.15, 0.2) is 0 Å². The number of carbonyl (C=O) groups is 2. The fourth-order valence-electron chi connectivity index (χ4n) is 1.86. The average Bonchev–Trinajstić information content (AvgIpc) is 2.17. The summed E-state index contributed by atoms with van der Waals surface area (Å²) < 4.78 is 10.7. The lowest BCUT2D eigenvalue weighted by molar-refractivity contribution is -0.157. The van der Waals surface area contributed by atoms with Crippen LogP contribution < -0.4 is 11.1 Å². The molecule has 0 aromatic heterocycles. The van der Waals surface area contributed by atoms with Gasteiger partial charge in [-0.2, -0.15) is 0 Å². The molecule has 0 radical (unpaired) electrons. The second kappa shape index (κ2) is 6.04. The van der Waals surface area contributed by atoms with Crippen molar-refractivity contribution in [3.8, 4) is 0 Å². The molecule has 1 heterocycles. The third kappa shape index (κ3) is 5.86. The summed E-state index contributed by atoms with van der Waals surface area (Å²) in [5.41, 5.74) is 4.55. The lowest BCUT2D eigenvalue weighted by Crippen LogP contribution is -2.43. The van der Waals surface area contributed by atoms with Gasteiger partial charge in [-0.25, -0.2) is 4.79 Å². The molecular formula is C12H22N2O4. The molecule has 1 aliphatic heterocycles. The zero-order valence-electron chi connectivity index (χ0n) is 11.2. The van der Waals surface area contributed by atoms with E-state index in [1.165, 1.54) is 0 Å². The van der Waals surface area contributed by atoms with E-state index in [0.717, 1.165) is 6.42 Å². The van der Waals surface area contributed by atoms with Gasteiger partial charge in [0, 0.05) is 0 Å². The molecule has 1 saturated heterocycles. The molecule has 6 nitrogen and oxygen atoms in total.